The van der Waals surface area contributed by atoms with Crippen LogP contribution in [0.15, 0.2) is 18.2 Å². The molecule has 0 saturated carbocycles. The molecule has 0 aromatic heterocycles. The van der Waals surface area contributed by atoms with Crippen molar-refractivity contribution in [1.29, 1.82) is 0 Å². The maximum atomic E-state index is 12.8. The van der Waals surface area contributed by atoms with Crippen LogP contribution in [0.2, 0.25) is 0 Å². The van der Waals surface area contributed by atoms with E-state index in [1.165, 1.54) is 6.42 Å². The van der Waals surface area contributed by atoms with Crippen molar-refractivity contribution < 1.29 is 19.5 Å². The van der Waals surface area contributed by atoms with Gasteiger partial charge in [0.25, 0.3) is 11.9 Å². The van der Waals surface area contributed by atoms with Gasteiger partial charge in [-0.1, -0.05) is 12.1 Å². The molecule has 1 aliphatic carbocycles. The van der Waals surface area contributed by atoms with Gasteiger partial charge in [0.15, 0.2) is 5.78 Å². The lowest BCUT2D eigenvalue weighted by Crippen LogP contribution is -2.42. The van der Waals surface area contributed by atoms with E-state index in [1.807, 2.05) is 30.1 Å². The van der Waals surface area contributed by atoms with Crippen LogP contribution in [0.4, 0.5) is 0 Å². The second-order valence-electron chi connectivity index (χ2n) is 6.59. The van der Waals surface area contributed by atoms with E-state index in [2.05, 4.69) is 5.32 Å². The van der Waals surface area contributed by atoms with Gasteiger partial charge in [-0.3, -0.25) is 14.4 Å². The van der Waals surface area contributed by atoms with E-state index >= 15 is 0 Å². The Hall–Kier alpha value is -2.21. The van der Waals surface area contributed by atoms with Crippen molar-refractivity contribution in [3.8, 4) is 0 Å². The fourth-order valence-corrected chi connectivity index (χ4v) is 3.57. The molecule has 1 amide bonds. The first-order valence-electron chi connectivity index (χ1n) is 8.72. The Morgan fingerprint density at radius 1 is 1.32 bits per heavy atom. The van der Waals surface area contributed by atoms with Crippen LogP contribution in [-0.2, 0) is 11.2 Å². The second kappa shape index (κ2) is 8.76. The van der Waals surface area contributed by atoms with E-state index < -0.39 is 5.97 Å². The molecule has 136 valence electrons. The number of hydrogen-bond donors (Lipinski definition) is 2. The lowest BCUT2D eigenvalue weighted by molar-refractivity contribution is -0.134. The molecule has 1 atom stereocenters. The van der Waals surface area contributed by atoms with E-state index in [0.717, 1.165) is 49.7 Å². The van der Waals surface area contributed by atoms with Gasteiger partial charge in [-0.2, -0.15) is 0 Å². The number of hydrogen-bond acceptors (Lipinski definition) is 4. The third-order valence-corrected chi connectivity index (χ3v) is 4.61. The first kappa shape index (κ1) is 19.1. The number of carboxylic acid groups (broad SMARTS) is 1. The summed E-state index contributed by atoms with van der Waals surface area (Å²) in [6.45, 7) is 3.68. The first-order chi connectivity index (χ1) is 11.9. The van der Waals surface area contributed by atoms with E-state index in [-0.39, 0.29) is 11.7 Å². The molecule has 2 N–H and O–H groups in total. The fraction of sp³-hybridized carbons (Fsp3) is 0.526. The van der Waals surface area contributed by atoms with Crippen LogP contribution in [0, 0.1) is 5.92 Å². The van der Waals surface area contributed by atoms with Gasteiger partial charge in [0.05, 0.1) is 0 Å². The highest BCUT2D eigenvalue weighted by atomic mass is 16.4. The zero-order valence-corrected chi connectivity index (χ0v) is 14.9. The Morgan fingerprint density at radius 3 is 2.72 bits per heavy atom. The van der Waals surface area contributed by atoms with Gasteiger partial charge < -0.3 is 15.3 Å². The average Bonchev–Trinajstić information content (AvgIpc) is 2.96. The predicted molar refractivity (Wildman–Crippen MR) is 95.0 cm³/mol. The molecule has 1 heterocycles. The highest BCUT2D eigenvalue weighted by molar-refractivity contribution is 6.05. The number of fused-ring (bicyclic) bond motifs is 1. The molecule has 1 aromatic carbocycles. The molecule has 1 saturated heterocycles. The average molecular weight is 346 g/mol. The molecule has 1 aliphatic heterocycles. The second-order valence-corrected chi connectivity index (χ2v) is 6.59. The Bertz CT molecular complexity index is 651. The number of benzene rings is 1. The minimum atomic E-state index is -0.833. The number of rotatable bonds is 3. The van der Waals surface area contributed by atoms with Gasteiger partial charge >= 0.3 is 0 Å². The SMILES string of the molecule is CC(=O)O.CNCC1CCCN(C(=O)c2cccc3c2CCC3=O)C1. The third kappa shape index (κ3) is 4.89. The molecule has 6 heteroatoms. The zero-order valence-electron chi connectivity index (χ0n) is 14.9. The van der Waals surface area contributed by atoms with Gasteiger partial charge in [-0.25, -0.2) is 0 Å². The largest absolute Gasteiger partial charge is 0.481 e. The lowest BCUT2D eigenvalue weighted by Gasteiger charge is -2.33. The van der Waals surface area contributed by atoms with Crippen molar-refractivity contribution in [2.24, 2.45) is 5.92 Å². The number of carbonyl (C=O) groups is 3. The molecule has 0 bridgehead atoms. The number of nitrogens with one attached hydrogen (secondary N) is 1. The lowest BCUT2D eigenvalue weighted by atomic mass is 9.96. The molecule has 2 aliphatic rings. The molecular formula is C19H26N2O4. The summed E-state index contributed by atoms with van der Waals surface area (Å²) in [6, 6.07) is 5.56. The summed E-state index contributed by atoms with van der Waals surface area (Å²) in [7, 11) is 1.95. The predicted octanol–water partition coefficient (Wildman–Crippen LogP) is 1.98. The summed E-state index contributed by atoms with van der Waals surface area (Å²) in [5.74, 6) is -0.0280. The van der Waals surface area contributed by atoms with Crippen LogP contribution in [0.5, 0.6) is 0 Å². The van der Waals surface area contributed by atoms with Gasteiger partial charge in [0.2, 0.25) is 0 Å². The van der Waals surface area contributed by atoms with Crippen LogP contribution in [0.3, 0.4) is 0 Å². The van der Waals surface area contributed by atoms with Crippen LogP contribution in [0.25, 0.3) is 0 Å². The standard InChI is InChI=1S/C17H22N2O2.C2H4O2/c1-18-10-12-4-3-9-19(11-12)17(21)15-6-2-5-14-13(15)7-8-16(14)20;1-2(3)4/h2,5-6,12,18H,3-4,7-11H2,1H3;1H3,(H,3,4). The van der Waals surface area contributed by atoms with Crippen LogP contribution in [-0.4, -0.2) is 54.3 Å². The van der Waals surface area contributed by atoms with Gasteiger partial charge in [-0.05, 0) is 50.4 Å². The van der Waals surface area contributed by atoms with E-state index in [9.17, 15) is 9.59 Å². The highest BCUT2D eigenvalue weighted by Crippen LogP contribution is 2.27. The molecule has 1 aromatic rings. The van der Waals surface area contributed by atoms with Crippen LogP contribution < -0.4 is 5.32 Å². The van der Waals surface area contributed by atoms with Gasteiger partial charge in [0, 0.05) is 37.6 Å². The minimum absolute atomic E-state index is 0.0994. The number of nitrogens with zero attached hydrogens (tertiary/aromatic N) is 1. The molecule has 0 spiro atoms. The maximum Gasteiger partial charge on any atom is 0.300 e. The number of likely N-dealkylation sites (tertiary alicyclic amines) is 1. The van der Waals surface area contributed by atoms with Crippen molar-refractivity contribution >= 4 is 17.7 Å². The Balaban J connectivity index is 0.000000511. The number of ketones is 1. The van der Waals surface area contributed by atoms with Gasteiger partial charge in [-0.15, -0.1) is 0 Å². The number of carbonyl (C=O) groups excluding carboxylic acids is 2. The summed E-state index contributed by atoms with van der Waals surface area (Å²) >= 11 is 0. The van der Waals surface area contributed by atoms with Crippen LogP contribution >= 0.6 is 0 Å². The molecule has 25 heavy (non-hydrogen) atoms. The molecule has 1 unspecified atom stereocenters. The first-order valence-corrected chi connectivity index (χ1v) is 8.72. The number of carboxylic acids is 1. The molecule has 3 rings (SSSR count). The summed E-state index contributed by atoms with van der Waals surface area (Å²) < 4.78 is 0. The molecule has 1 fully saturated rings. The summed E-state index contributed by atoms with van der Waals surface area (Å²) in [5.41, 5.74) is 2.45. The van der Waals surface area contributed by atoms with Crippen LogP contribution in [0.1, 0.15) is 52.5 Å². The number of Topliss-reactive ketones (excluding diaryl/α,β-unsaturated/α-hetero) is 1. The van der Waals surface area contributed by atoms with E-state index in [1.54, 1.807) is 0 Å². The minimum Gasteiger partial charge on any atom is -0.481 e. The number of amides is 1. The zero-order chi connectivity index (χ0) is 18.4. The topological polar surface area (TPSA) is 86.7 Å². The quantitative estimate of drug-likeness (QED) is 0.874. The van der Waals surface area contributed by atoms with Gasteiger partial charge in [0.1, 0.15) is 0 Å². The fourth-order valence-electron chi connectivity index (χ4n) is 3.57. The molecular weight excluding hydrogens is 320 g/mol. The summed E-state index contributed by atoms with van der Waals surface area (Å²) in [4.78, 5) is 35.6. The van der Waals surface area contributed by atoms with E-state index in [4.69, 9.17) is 9.90 Å². The Labute approximate surface area is 148 Å². The van der Waals surface area contributed by atoms with Crippen molar-refractivity contribution in [2.45, 2.75) is 32.6 Å². The van der Waals surface area contributed by atoms with Crippen molar-refractivity contribution in [3.05, 3.63) is 34.9 Å². The monoisotopic (exact) mass is 346 g/mol. The number of piperidine rings is 1. The summed E-state index contributed by atoms with van der Waals surface area (Å²) in [6.07, 6.45) is 3.49. The number of aliphatic carboxylic acids is 1. The van der Waals surface area contributed by atoms with Crippen molar-refractivity contribution in [1.82, 2.24) is 10.2 Å². The van der Waals surface area contributed by atoms with Crippen molar-refractivity contribution in [2.75, 3.05) is 26.7 Å². The Kier molecular flexibility index (Phi) is 6.70. The Morgan fingerprint density at radius 2 is 2.04 bits per heavy atom. The summed E-state index contributed by atoms with van der Waals surface area (Å²) in [5, 5.41) is 10.6. The van der Waals surface area contributed by atoms with E-state index in [0.29, 0.717) is 18.8 Å². The highest BCUT2D eigenvalue weighted by Gasteiger charge is 2.29. The molecule has 0 radical (unpaired) electrons. The molecule has 6 nitrogen and oxygen atoms in total. The van der Waals surface area contributed by atoms with Crippen molar-refractivity contribution in [3.63, 3.8) is 0 Å². The normalized spacial score (nSPS) is 19.0. The maximum absolute atomic E-state index is 12.8. The smallest absolute Gasteiger partial charge is 0.300 e. The third-order valence-electron chi connectivity index (χ3n) is 4.61.